The predicted octanol–water partition coefficient (Wildman–Crippen LogP) is 8.82. The van der Waals surface area contributed by atoms with E-state index in [-0.39, 0.29) is 59.7 Å². The monoisotopic (exact) mass is 695 g/mol. The largest absolute Gasteiger partial charge is 0.458 e. The normalized spacial score (nSPS) is 35.8. The van der Waals surface area contributed by atoms with Crippen LogP contribution in [0.5, 0.6) is 0 Å². The summed E-state index contributed by atoms with van der Waals surface area (Å²) in [6.07, 6.45) is 29.2. The molecular weight excluding hydrogens is 628 g/mol. The van der Waals surface area contributed by atoms with Gasteiger partial charge in [0.1, 0.15) is 0 Å². The summed E-state index contributed by atoms with van der Waals surface area (Å²) in [5.41, 5.74) is -1.12. The van der Waals surface area contributed by atoms with Gasteiger partial charge in [-0.15, -0.1) is 0 Å². The van der Waals surface area contributed by atoms with Gasteiger partial charge >= 0.3 is 5.97 Å². The molecule has 4 fully saturated rings. The smallest absolute Gasteiger partial charge is 0.306 e. The van der Waals surface area contributed by atoms with Crippen LogP contribution in [0.15, 0.2) is 36.0 Å². The topological polar surface area (TPSA) is 103 Å². The molecule has 0 bridgehead atoms. The molecule has 0 spiro atoms. The van der Waals surface area contributed by atoms with Gasteiger partial charge in [0.05, 0.1) is 6.10 Å². The Hall–Kier alpha value is -2.09. The zero-order valence-corrected chi connectivity index (χ0v) is 31.6. The van der Waals surface area contributed by atoms with Crippen molar-refractivity contribution in [3.63, 3.8) is 0 Å². The number of unbranched alkanes of at least 4 members (excludes halogenated alkanes) is 11. The Morgan fingerprint density at radius 1 is 0.980 bits per heavy atom. The number of carbonyl (C=O) groups is 3. The Balaban J connectivity index is 1.10. The Kier molecular flexibility index (Phi) is 13.8. The van der Waals surface area contributed by atoms with Gasteiger partial charge in [-0.2, -0.15) is 0 Å². The quantitative estimate of drug-likeness (QED) is 0.0591. The van der Waals surface area contributed by atoms with E-state index in [9.17, 15) is 19.5 Å². The van der Waals surface area contributed by atoms with E-state index in [1.807, 2.05) is 6.08 Å². The minimum absolute atomic E-state index is 0.0196. The van der Waals surface area contributed by atoms with Crippen LogP contribution in [-0.4, -0.2) is 58.1 Å². The van der Waals surface area contributed by atoms with E-state index in [1.54, 1.807) is 12.2 Å². The van der Waals surface area contributed by atoms with Crippen LogP contribution in [0.1, 0.15) is 156 Å². The third-order valence-electron chi connectivity index (χ3n) is 13.3. The first-order valence-electron chi connectivity index (χ1n) is 20.4. The molecule has 0 aromatic heterocycles. The number of allylic oxidation sites excluding steroid dienone is 6. The highest BCUT2D eigenvalue weighted by Gasteiger charge is 2.78. The molecule has 0 amide bonds. The molecule has 5 rings (SSSR count). The summed E-state index contributed by atoms with van der Waals surface area (Å²) in [6.45, 7) is 8.32. The average Bonchev–Trinajstić information content (AvgIpc) is 3.57. The number of carbonyl (C=O) groups excluding carboxylic acids is 3. The molecule has 9 atom stereocenters. The Morgan fingerprint density at radius 3 is 2.36 bits per heavy atom. The first kappa shape index (κ1) is 39.1. The second-order valence-electron chi connectivity index (χ2n) is 16.6. The molecular formula is C43H67O7+. The van der Waals surface area contributed by atoms with Crippen molar-refractivity contribution in [1.29, 1.82) is 0 Å². The highest BCUT2D eigenvalue weighted by Crippen LogP contribution is 2.69. The lowest BCUT2D eigenvalue weighted by Crippen LogP contribution is -2.63. The van der Waals surface area contributed by atoms with Gasteiger partial charge in [-0.3, -0.25) is 19.1 Å². The molecule has 0 aromatic carbocycles. The summed E-state index contributed by atoms with van der Waals surface area (Å²) < 4.78 is 17.5. The summed E-state index contributed by atoms with van der Waals surface area (Å²) in [6, 6.07) is 0. The lowest BCUT2D eigenvalue weighted by atomic mass is 9.46. The standard InChI is InChI=1S/C43H66O7/c1-5-7-8-9-10-11-12-13-14-15-16-17-18-19-20-22-38(47)48-30-36(46)43-37(49-39(50-43)21-6-2)28-34-33-24-23-31-27-32(44)25-26-41(31,3)40(33)35(45)29-42(34,43)4/h16-17,25-27,33-35,37,39-40,45H,5-15,18-24,28-30H2,1-4H3/p+1/b17-16+. The highest BCUT2D eigenvalue weighted by atomic mass is 16.7. The van der Waals surface area contributed by atoms with Crippen LogP contribution in [0.2, 0.25) is 0 Å². The van der Waals surface area contributed by atoms with Gasteiger partial charge in [-0.1, -0.05) is 103 Å². The van der Waals surface area contributed by atoms with Crippen molar-refractivity contribution in [2.45, 2.75) is 180 Å². The molecule has 7 nitrogen and oxygen atoms in total. The first-order valence-corrected chi connectivity index (χ1v) is 20.4. The molecule has 1 saturated heterocycles. The van der Waals surface area contributed by atoms with Crippen molar-refractivity contribution in [3.8, 4) is 0 Å². The predicted molar refractivity (Wildman–Crippen MR) is 197 cm³/mol. The molecule has 1 heterocycles. The van der Waals surface area contributed by atoms with Gasteiger partial charge in [-0.25, -0.2) is 0 Å². The average molecular weight is 696 g/mol. The molecule has 7 heteroatoms. The van der Waals surface area contributed by atoms with Crippen LogP contribution in [-0.2, 0) is 23.9 Å². The molecule has 9 unspecified atom stereocenters. The number of fused-ring (bicyclic) bond motifs is 7. The number of ether oxygens (including phenoxy) is 3. The number of esters is 1. The number of hydrogen-bond acceptors (Lipinski definition) is 6. The van der Waals surface area contributed by atoms with Crippen LogP contribution in [0.25, 0.3) is 0 Å². The maximum absolute atomic E-state index is 14.4. The molecule has 1 aliphatic heterocycles. The molecule has 5 aliphatic rings. The fourth-order valence-electron chi connectivity index (χ4n) is 10.8. The summed E-state index contributed by atoms with van der Waals surface area (Å²) in [5.74, 6) is -0.268. The molecule has 280 valence electrons. The lowest BCUT2D eigenvalue weighted by Gasteiger charge is -2.59. The summed E-state index contributed by atoms with van der Waals surface area (Å²) in [5, 5.41) is 11.9. The van der Waals surface area contributed by atoms with Crippen LogP contribution < -0.4 is 0 Å². The van der Waals surface area contributed by atoms with Gasteiger partial charge in [0.15, 0.2) is 18.5 Å². The van der Waals surface area contributed by atoms with E-state index in [4.69, 9.17) is 14.2 Å². The highest BCUT2D eigenvalue weighted by molar-refractivity contribution is 6.01. The van der Waals surface area contributed by atoms with E-state index in [1.165, 1.54) is 57.8 Å². The van der Waals surface area contributed by atoms with Gasteiger partial charge in [0, 0.05) is 36.0 Å². The van der Waals surface area contributed by atoms with Crippen LogP contribution >= 0.6 is 0 Å². The summed E-state index contributed by atoms with van der Waals surface area (Å²) >= 11 is 0. The van der Waals surface area contributed by atoms with Crippen molar-refractivity contribution in [2.24, 2.45) is 28.6 Å². The Morgan fingerprint density at radius 2 is 1.66 bits per heavy atom. The zero-order chi connectivity index (χ0) is 35.8. The van der Waals surface area contributed by atoms with Crippen molar-refractivity contribution in [3.05, 3.63) is 36.0 Å². The maximum atomic E-state index is 14.4. The molecule has 2 N–H and O–H groups in total. The van der Waals surface area contributed by atoms with E-state index in [0.717, 1.165) is 63.4 Å². The van der Waals surface area contributed by atoms with Gasteiger partial charge < -0.3 is 14.6 Å². The van der Waals surface area contributed by atoms with E-state index in [0.29, 0.717) is 12.8 Å². The lowest BCUT2D eigenvalue weighted by molar-refractivity contribution is -0.221. The van der Waals surface area contributed by atoms with Gasteiger partial charge in [-0.05, 0) is 81.8 Å². The van der Waals surface area contributed by atoms with Gasteiger partial charge in [0.25, 0.3) is 6.29 Å². The fraction of sp³-hybridized carbons (Fsp3) is 0.791. The maximum Gasteiger partial charge on any atom is 0.306 e. The van der Waals surface area contributed by atoms with Crippen molar-refractivity contribution < 1.29 is 33.7 Å². The number of Topliss-reactive ketones (excluding diaryl/α,β-unsaturated/α-hetero) is 1. The fourth-order valence-corrected chi connectivity index (χ4v) is 10.8. The molecule has 4 aliphatic carbocycles. The van der Waals surface area contributed by atoms with Crippen molar-refractivity contribution in [2.75, 3.05) is 6.61 Å². The third kappa shape index (κ3) is 8.10. The van der Waals surface area contributed by atoms with Crippen LogP contribution in [0.4, 0.5) is 0 Å². The zero-order valence-electron chi connectivity index (χ0n) is 31.6. The molecule has 0 aromatic rings. The number of aliphatic hydroxyl groups is 3. The second-order valence-corrected chi connectivity index (χ2v) is 16.6. The van der Waals surface area contributed by atoms with E-state index < -0.39 is 17.1 Å². The number of hydrogen-bond donors (Lipinski definition) is 1. The van der Waals surface area contributed by atoms with Crippen molar-refractivity contribution >= 4 is 17.5 Å². The van der Waals surface area contributed by atoms with Crippen molar-refractivity contribution in [1.82, 2.24) is 0 Å². The minimum Gasteiger partial charge on any atom is -0.458 e. The Labute approximate surface area is 302 Å². The van der Waals surface area contributed by atoms with E-state index >= 15 is 0 Å². The molecule has 3 saturated carbocycles. The van der Waals surface area contributed by atoms with E-state index in [2.05, 4.69) is 39.8 Å². The van der Waals surface area contributed by atoms with Gasteiger partial charge in [0.2, 0.25) is 11.4 Å². The second kappa shape index (κ2) is 17.6. The number of rotatable bonds is 20. The molecule has 50 heavy (non-hydrogen) atoms. The minimum atomic E-state index is -1.21. The number of aliphatic hydroxyl groups excluding tert-OH is 1. The SMILES string of the molecule is CCCCCCCCCCC/C=C/CCCCC(=O)OCC(=O)C12OC(CCC)[OH+]C1CC1C3CCC4=CC(=O)C=CC4(C)C3C(O)CC12C. The first-order chi connectivity index (χ1) is 24.1. The van der Waals surface area contributed by atoms with Crippen LogP contribution in [0.3, 0.4) is 0 Å². The Bertz CT molecular complexity index is 1270. The number of ketones is 2. The summed E-state index contributed by atoms with van der Waals surface area (Å²) in [4.78, 5) is 39.4. The third-order valence-corrected chi connectivity index (χ3v) is 13.3. The van der Waals surface area contributed by atoms with Crippen LogP contribution in [0, 0.1) is 28.6 Å². The molecule has 0 radical (unpaired) electrons. The summed E-state index contributed by atoms with van der Waals surface area (Å²) in [7, 11) is 0.